The molecule has 1 aromatic heterocycles. The molecule has 1 saturated heterocycles. The largest absolute Gasteiger partial charge is 0.477 e. The Labute approximate surface area is 200 Å². The van der Waals surface area contributed by atoms with Gasteiger partial charge in [0.1, 0.15) is 17.4 Å². The van der Waals surface area contributed by atoms with Crippen LogP contribution in [0.25, 0.3) is 0 Å². The average Bonchev–Trinajstić information content (AvgIpc) is 3.40. The van der Waals surface area contributed by atoms with Gasteiger partial charge in [0, 0.05) is 31.2 Å². The van der Waals surface area contributed by atoms with E-state index in [1.165, 1.54) is 11.6 Å². The molecule has 1 aliphatic rings. The van der Waals surface area contributed by atoms with Crippen LogP contribution in [0.3, 0.4) is 0 Å². The third kappa shape index (κ3) is 5.89. The van der Waals surface area contributed by atoms with Gasteiger partial charge < -0.3 is 15.2 Å². The second-order valence-electron chi connectivity index (χ2n) is 8.19. The maximum Gasteiger partial charge on any atom is 0.344 e. The highest BCUT2D eigenvalue weighted by Crippen LogP contribution is 2.31. The number of aromatic carboxylic acids is 1. The van der Waals surface area contributed by atoms with Gasteiger partial charge in [-0.05, 0) is 42.1 Å². The summed E-state index contributed by atoms with van der Waals surface area (Å²) >= 11 is 0.803. The lowest BCUT2D eigenvalue weighted by molar-refractivity contribution is 0.0693. The predicted molar refractivity (Wildman–Crippen MR) is 127 cm³/mol. The van der Waals surface area contributed by atoms with Crippen molar-refractivity contribution in [2.75, 3.05) is 18.4 Å². The number of nitrogens with one attached hydrogen (secondary N) is 2. The number of carboxylic acid groups (broad SMARTS) is 1. The highest BCUT2D eigenvalue weighted by Gasteiger charge is 2.27. The second kappa shape index (κ2) is 10.6. The molecule has 10 heteroatoms. The lowest BCUT2D eigenvalue weighted by Crippen LogP contribution is -2.39. The number of carbonyl (C=O) groups excluding carboxylic acids is 1. The van der Waals surface area contributed by atoms with Crippen molar-refractivity contribution in [1.29, 1.82) is 0 Å². The molecule has 1 fully saturated rings. The molecular formula is C24H25FN4O4S. The summed E-state index contributed by atoms with van der Waals surface area (Å²) in [7, 11) is 0. The Morgan fingerprint density at radius 3 is 2.79 bits per heavy atom. The number of rotatable bonds is 8. The fraction of sp³-hybridized carbons (Fsp3) is 0.292. The molecule has 34 heavy (non-hydrogen) atoms. The number of benzene rings is 2. The number of urea groups is 1. The molecule has 0 bridgehead atoms. The van der Waals surface area contributed by atoms with Gasteiger partial charge in [-0.1, -0.05) is 42.5 Å². The Balaban J connectivity index is 1.33. The van der Waals surface area contributed by atoms with Gasteiger partial charge in [0.05, 0.1) is 0 Å². The normalized spacial score (nSPS) is 15.8. The number of likely N-dealkylation sites (tertiary alicyclic amines) is 1. The van der Waals surface area contributed by atoms with Crippen LogP contribution in [0, 0.1) is 12.7 Å². The van der Waals surface area contributed by atoms with E-state index in [1.807, 2.05) is 18.2 Å². The molecule has 2 heterocycles. The van der Waals surface area contributed by atoms with E-state index >= 15 is 0 Å². The van der Waals surface area contributed by atoms with Gasteiger partial charge in [-0.15, -0.1) is 0 Å². The summed E-state index contributed by atoms with van der Waals surface area (Å²) in [5.41, 5.74) is 2.00. The first-order chi connectivity index (χ1) is 16.4. The SMILES string of the molecule is Cc1ccc(COc2nsc(NC(=O)NC3CCN(Cc4ccccc4)C3)c2C(=O)O)c(F)c1. The monoisotopic (exact) mass is 484 g/mol. The number of aromatic nitrogens is 1. The summed E-state index contributed by atoms with van der Waals surface area (Å²) in [5, 5.41) is 15.2. The quantitative estimate of drug-likeness (QED) is 0.441. The van der Waals surface area contributed by atoms with Crippen molar-refractivity contribution in [2.24, 2.45) is 0 Å². The number of hydrogen-bond donors (Lipinski definition) is 3. The molecular weight excluding hydrogens is 459 g/mol. The standard InChI is InChI=1S/C24H25FN4O4S/c1-15-7-8-17(19(25)11-15)14-33-21-20(23(30)31)22(34-28-21)27-24(32)26-18-9-10-29(13-18)12-16-5-3-2-4-6-16/h2-8,11,18H,9-10,12-14H2,1H3,(H,30,31)(H2,26,27,32). The van der Waals surface area contributed by atoms with Crippen LogP contribution in [0.4, 0.5) is 14.2 Å². The van der Waals surface area contributed by atoms with Gasteiger partial charge in [-0.25, -0.2) is 14.0 Å². The van der Waals surface area contributed by atoms with Crippen molar-refractivity contribution in [3.8, 4) is 5.88 Å². The fourth-order valence-electron chi connectivity index (χ4n) is 3.82. The molecule has 0 saturated carbocycles. The predicted octanol–water partition coefficient (Wildman–Crippen LogP) is 4.26. The molecule has 3 N–H and O–H groups in total. The minimum Gasteiger partial charge on any atom is -0.477 e. The number of carboxylic acids is 1. The summed E-state index contributed by atoms with van der Waals surface area (Å²) in [6.45, 7) is 3.95. The second-order valence-corrected chi connectivity index (χ2v) is 8.96. The Hall–Kier alpha value is -3.50. The van der Waals surface area contributed by atoms with Crippen LogP contribution >= 0.6 is 11.5 Å². The van der Waals surface area contributed by atoms with Crippen LogP contribution in [-0.4, -0.2) is 45.5 Å². The topological polar surface area (TPSA) is 104 Å². The van der Waals surface area contributed by atoms with Crippen LogP contribution in [0.15, 0.2) is 48.5 Å². The van der Waals surface area contributed by atoms with E-state index in [4.69, 9.17) is 4.74 Å². The van der Waals surface area contributed by atoms with Gasteiger partial charge in [-0.2, -0.15) is 4.37 Å². The molecule has 2 aromatic carbocycles. The van der Waals surface area contributed by atoms with Crippen LogP contribution < -0.4 is 15.4 Å². The number of halogens is 1. The Morgan fingerprint density at radius 1 is 1.26 bits per heavy atom. The third-order valence-corrected chi connectivity index (χ3v) is 6.28. The van der Waals surface area contributed by atoms with E-state index in [0.29, 0.717) is 6.54 Å². The summed E-state index contributed by atoms with van der Waals surface area (Å²) < 4.78 is 23.5. The zero-order chi connectivity index (χ0) is 24.1. The first kappa shape index (κ1) is 23.7. The number of nitrogens with zero attached hydrogens (tertiary/aromatic N) is 2. The van der Waals surface area contributed by atoms with Crippen molar-refractivity contribution < 1.29 is 23.8 Å². The van der Waals surface area contributed by atoms with E-state index in [-0.39, 0.29) is 34.7 Å². The highest BCUT2D eigenvalue weighted by atomic mass is 32.1. The molecule has 2 amide bonds. The number of amides is 2. The molecule has 3 aromatic rings. The Kier molecular flexibility index (Phi) is 7.39. The lowest BCUT2D eigenvalue weighted by Gasteiger charge is -2.17. The zero-order valence-corrected chi connectivity index (χ0v) is 19.4. The van der Waals surface area contributed by atoms with E-state index in [1.54, 1.807) is 19.1 Å². The van der Waals surface area contributed by atoms with Crippen molar-refractivity contribution in [1.82, 2.24) is 14.6 Å². The van der Waals surface area contributed by atoms with Crippen LogP contribution in [0.1, 0.15) is 33.5 Å². The van der Waals surface area contributed by atoms with Crippen molar-refractivity contribution in [2.45, 2.75) is 32.5 Å². The minimum absolute atomic E-state index is 0.0508. The first-order valence-electron chi connectivity index (χ1n) is 10.8. The van der Waals surface area contributed by atoms with E-state index in [9.17, 15) is 19.1 Å². The molecule has 0 aliphatic carbocycles. The molecule has 8 nitrogen and oxygen atoms in total. The third-order valence-electron chi connectivity index (χ3n) is 5.53. The van der Waals surface area contributed by atoms with Crippen LogP contribution in [0.2, 0.25) is 0 Å². The molecule has 0 spiro atoms. The number of ether oxygens (including phenoxy) is 1. The van der Waals surface area contributed by atoms with Crippen molar-refractivity contribution in [3.05, 3.63) is 76.6 Å². The number of anilines is 1. The van der Waals surface area contributed by atoms with Gasteiger partial charge in [0.2, 0.25) is 5.88 Å². The van der Waals surface area contributed by atoms with Crippen LogP contribution in [-0.2, 0) is 13.2 Å². The maximum absolute atomic E-state index is 14.1. The van der Waals surface area contributed by atoms with Gasteiger partial charge in [0.15, 0.2) is 5.56 Å². The summed E-state index contributed by atoms with van der Waals surface area (Å²) in [5.74, 6) is -1.90. The highest BCUT2D eigenvalue weighted by molar-refractivity contribution is 7.11. The average molecular weight is 485 g/mol. The molecule has 1 aliphatic heterocycles. The Morgan fingerprint density at radius 2 is 2.06 bits per heavy atom. The molecule has 178 valence electrons. The van der Waals surface area contributed by atoms with Gasteiger partial charge >= 0.3 is 12.0 Å². The molecule has 1 unspecified atom stereocenters. The van der Waals surface area contributed by atoms with E-state index in [0.717, 1.165) is 36.6 Å². The summed E-state index contributed by atoms with van der Waals surface area (Å²) in [6.07, 6.45) is 0.797. The first-order valence-corrected chi connectivity index (χ1v) is 11.6. The van der Waals surface area contributed by atoms with Crippen molar-refractivity contribution >= 4 is 28.5 Å². The smallest absolute Gasteiger partial charge is 0.344 e. The minimum atomic E-state index is -1.29. The maximum atomic E-state index is 14.1. The van der Waals surface area contributed by atoms with Crippen LogP contribution in [0.5, 0.6) is 5.88 Å². The number of hydrogen-bond acceptors (Lipinski definition) is 6. The summed E-state index contributed by atoms with van der Waals surface area (Å²) in [6, 6.07) is 14.2. The summed E-state index contributed by atoms with van der Waals surface area (Å²) in [4.78, 5) is 26.6. The van der Waals surface area contributed by atoms with E-state index in [2.05, 4.69) is 32.0 Å². The number of carbonyl (C=O) groups is 2. The zero-order valence-electron chi connectivity index (χ0n) is 18.6. The fourth-order valence-corrected chi connectivity index (χ4v) is 4.55. The molecule has 0 radical (unpaired) electrons. The Bertz CT molecular complexity index is 1170. The van der Waals surface area contributed by atoms with Gasteiger partial charge in [-0.3, -0.25) is 10.2 Å². The number of aryl methyl sites for hydroxylation is 1. The lowest BCUT2D eigenvalue weighted by atomic mass is 10.1. The van der Waals surface area contributed by atoms with Gasteiger partial charge in [0.25, 0.3) is 0 Å². The molecule has 4 rings (SSSR count). The van der Waals surface area contributed by atoms with E-state index < -0.39 is 17.8 Å². The van der Waals surface area contributed by atoms with Crippen molar-refractivity contribution in [3.63, 3.8) is 0 Å². The molecule has 1 atom stereocenters.